The average molecular weight is 844 g/mol. The standard InChI is InChI=1S/C38H46ClF4N5O8S/c1-21-8-5-6-9-23-18-37(23,33(51)47-57(53,54)36(20-40)13-14-36)46-30(49)28-17-24(55-31-26-10-7-11-27(39)25(26)12-15-44-31)19-48(28)32(50)29(22(2)16-21)45-34(52)56-35(3,4)38(41,42)43/h6-7,9-12,15,21-24,28-29H,5,8,13-14,16-20H2,1-4H3,(H,45,52)(H,46,49)(H,47,51)/b9-6-/t21-,22-,23-,24-,28+,29+,37-/m1/s1. The predicted octanol–water partition coefficient (Wildman–Crippen LogP) is 5.51. The number of nitrogens with zero attached hydrogens (tertiary/aromatic N) is 2. The van der Waals surface area contributed by atoms with Crippen LogP contribution in [0.25, 0.3) is 10.8 Å². The molecule has 1 saturated heterocycles. The van der Waals surface area contributed by atoms with E-state index in [-0.39, 0.29) is 44.0 Å². The third kappa shape index (κ3) is 8.52. The van der Waals surface area contributed by atoms with Crippen molar-refractivity contribution in [2.75, 3.05) is 13.2 Å². The highest BCUT2D eigenvalue weighted by atomic mass is 35.5. The summed E-state index contributed by atoms with van der Waals surface area (Å²) in [5.74, 6) is -3.97. The Hall–Kier alpha value is -4.19. The first-order chi connectivity index (χ1) is 26.6. The number of halogens is 5. The minimum Gasteiger partial charge on any atom is -0.472 e. The number of hydrogen-bond donors (Lipinski definition) is 3. The molecule has 312 valence electrons. The second kappa shape index (κ2) is 15.5. The first-order valence-electron chi connectivity index (χ1n) is 18.8. The van der Waals surface area contributed by atoms with Gasteiger partial charge in [0.15, 0.2) is 0 Å². The van der Waals surface area contributed by atoms with Gasteiger partial charge < -0.3 is 25.0 Å². The molecular formula is C38H46ClF4N5O8S. The van der Waals surface area contributed by atoms with Gasteiger partial charge in [0.1, 0.15) is 35.1 Å². The molecule has 1 aromatic heterocycles. The summed E-state index contributed by atoms with van der Waals surface area (Å²) in [7, 11) is -4.46. The maximum absolute atomic E-state index is 14.7. The van der Waals surface area contributed by atoms with E-state index >= 15 is 0 Å². The number of carbonyl (C=O) groups is 4. The lowest BCUT2D eigenvalue weighted by Crippen LogP contribution is -2.60. The molecular weight excluding hydrogens is 798 g/mol. The SMILES string of the molecule is C[C@@H]1CC/C=C\[C@@H]2C[C@@]2(C(=O)NS(=O)(=O)C2(CF)CC2)NC(=O)[C@@H]2C[C@@H](Oc3nccc4c(Cl)cccc34)CN2C(=O)[C@@H](NC(=O)OC(C)(C)C(F)(F)F)[C@H](C)C1. The van der Waals surface area contributed by atoms with Crippen molar-refractivity contribution in [3.63, 3.8) is 0 Å². The fourth-order valence-electron chi connectivity index (χ4n) is 7.59. The van der Waals surface area contributed by atoms with E-state index in [1.54, 1.807) is 43.3 Å². The molecule has 2 aliphatic heterocycles. The van der Waals surface area contributed by atoms with E-state index in [9.17, 15) is 45.2 Å². The second-order valence-electron chi connectivity index (χ2n) is 16.3. The average Bonchev–Trinajstić information content (AvgIpc) is 4.03. The Balaban J connectivity index is 1.35. The van der Waals surface area contributed by atoms with Gasteiger partial charge in [-0.15, -0.1) is 0 Å². The zero-order valence-electron chi connectivity index (χ0n) is 31.8. The molecule has 4 amide bonds. The van der Waals surface area contributed by atoms with Crippen LogP contribution in [0.4, 0.5) is 22.4 Å². The third-order valence-electron chi connectivity index (χ3n) is 11.6. The fourth-order valence-corrected chi connectivity index (χ4v) is 9.25. The van der Waals surface area contributed by atoms with Crippen molar-refractivity contribution in [3.8, 4) is 5.88 Å². The topological polar surface area (TPSA) is 173 Å². The van der Waals surface area contributed by atoms with Gasteiger partial charge in [0.2, 0.25) is 33.3 Å². The Bertz CT molecular complexity index is 2070. The molecule has 6 rings (SSSR count). The van der Waals surface area contributed by atoms with Gasteiger partial charge in [-0.25, -0.2) is 22.6 Å². The number of alkyl halides is 4. The summed E-state index contributed by atoms with van der Waals surface area (Å²) in [5.41, 5.74) is -4.67. The molecule has 2 saturated carbocycles. The lowest BCUT2D eigenvalue weighted by molar-refractivity contribution is -0.244. The van der Waals surface area contributed by atoms with E-state index < -0.39 is 92.6 Å². The number of nitrogens with one attached hydrogen (secondary N) is 3. The smallest absolute Gasteiger partial charge is 0.427 e. The lowest BCUT2D eigenvalue weighted by atomic mass is 9.88. The molecule has 2 aromatic rings. The summed E-state index contributed by atoms with van der Waals surface area (Å²) < 4.78 is 92.6. The molecule has 3 heterocycles. The summed E-state index contributed by atoms with van der Waals surface area (Å²) in [6, 6.07) is 3.92. The first-order valence-corrected chi connectivity index (χ1v) is 20.7. The molecule has 19 heteroatoms. The van der Waals surface area contributed by atoms with Gasteiger partial charge in [0, 0.05) is 34.3 Å². The zero-order valence-corrected chi connectivity index (χ0v) is 33.4. The summed E-state index contributed by atoms with van der Waals surface area (Å²) in [4.78, 5) is 61.5. The fraction of sp³-hybridized carbons (Fsp3) is 0.605. The number of allylic oxidation sites excluding steroid dienone is 1. The molecule has 1 aromatic carbocycles. The first kappa shape index (κ1) is 42.4. The molecule has 0 bridgehead atoms. The lowest BCUT2D eigenvalue weighted by Gasteiger charge is -2.34. The van der Waals surface area contributed by atoms with E-state index in [2.05, 4.69) is 15.6 Å². The van der Waals surface area contributed by atoms with E-state index in [1.807, 2.05) is 11.6 Å². The molecule has 0 spiro atoms. The van der Waals surface area contributed by atoms with Crippen molar-refractivity contribution in [1.82, 2.24) is 25.2 Å². The minimum atomic E-state index is -4.93. The Kier molecular flexibility index (Phi) is 11.6. The zero-order chi connectivity index (χ0) is 41.7. The van der Waals surface area contributed by atoms with Crippen LogP contribution in [0.2, 0.25) is 5.02 Å². The maximum Gasteiger partial charge on any atom is 0.427 e. The van der Waals surface area contributed by atoms with Crippen molar-refractivity contribution >= 4 is 56.2 Å². The molecule has 13 nitrogen and oxygen atoms in total. The van der Waals surface area contributed by atoms with Crippen LogP contribution < -0.4 is 20.1 Å². The van der Waals surface area contributed by atoms with Crippen molar-refractivity contribution < 1.29 is 54.6 Å². The number of hydrogen-bond acceptors (Lipinski definition) is 9. The van der Waals surface area contributed by atoms with Crippen molar-refractivity contribution in [1.29, 1.82) is 0 Å². The van der Waals surface area contributed by atoms with Crippen LogP contribution in [0, 0.1) is 17.8 Å². The number of pyridine rings is 1. The van der Waals surface area contributed by atoms with Gasteiger partial charge in [0.25, 0.3) is 5.91 Å². The van der Waals surface area contributed by atoms with E-state index in [1.165, 1.54) is 6.20 Å². The van der Waals surface area contributed by atoms with Crippen LogP contribution in [0.1, 0.15) is 72.6 Å². The molecule has 0 unspecified atom stereocenters. The summed E-state index contributed by atoms with van der Waals surface area (Å²) in [6.45, 7) is 3.46. The number of sulfonamides is 1. The van der Waals surface area contributed by atoms with Gasteiger partial charge in [-0.3, -0.25) is 19.1 Å². The highest BCUT2D eigenvalue weighted by molar-refractivity contribution is 7.91. The second-order valence-corrected chi connectivity index (χ2v) is 18.8. The number of aromatic nitrogens is 1. The summed E-state index contributed by atoms with van der Waals surface area (Å²) in [5, 5.41) is 6.63. The molecule has 57 heavy (non-hydrogen) atoms. The van der Waals surface area contributed by atoms with E-state index in [0.29, 0.717) is 48.9 Å². The monoisotopic (exact) mass is 843 g/mol. The largest absolute Gasteiger partial charge is 0.472 e. The minimum absolute atomic E-state index is 0.0120. The number of benzene rings is 1. The summed E-state index contributed by atoms with van der Waals surface area (Å²) in [6.07, 6.45) is -1.05. The van der Waals surface area contributed by atoms with Crippen LogP contribution in [0.15, 0.2) is 42.6 Å². The number of rotatable bonds is 8. The van der Waals surface area contributed by atoms with E-state index in [4.69, 9.17) is 21.1 Å². The highest BCUT2D eigenvalue weighted by Crippen LogP contribution is 2.48. The number of alkyl carbamates (subject to hydrolysis) is 1. The Morgan fingerprint density at radius 2 is 1.82 bits per heavy atom. The van der Waals surface area contributed by atoms with Gasteiger partial charge >= 0.3 is 12.3 Å². The normalized spacial score (nSPS) is 29.8. The van der Waals surface area contributed by atoms with Crippen LogP contribution >= 0.6 is 11.6 Å². The molecule has 2 aliphatic carbocycles. The number of ether oxygens (including phenoxy) is 2. The molecule has 0 radical (unpaired) electrons. The van der Waals surface area contributed by atoms with Crippen LogP contribution in [0.3, 0.4) is 0 Å². The number of carbonyl (C=O) groups excluding carboxylic acids is 4. The molecule has 3 N–H and O–H groups in total. The Labute approximate surface area is 332 Å². The number of amides is 4. The predicted molar refractivity (Wildman–Crippen MR) is 200 cm³/mol. The summed E-state index contributed by atoms with van der Waals surface area (Å²) >= 11 is 6.40. The van der Waals surface area contributed by atoms with Crippen molar-refractivity contribution in [2.45, 2.75) is 113 Å². The quantitative estimate of drug-likeness (QED) is 0.229. The number of fused-ring (bicyclic) bond motifs is 3. The van der Waals surface area contributed by atoms with Crippen LogP contribution in [-0.2, 0) is 29.1 Å². The Morgan fingerprint density at radius 1 is 1.11 bits per heavy atom. The molecule has 4 aliphatic rings. The Morgan fingerprint density at radius 3 is 2.49 bits per heavy atom. The third-order valence-corrected chi connectivity index (χ3v) is 14.0. The van der Waals surface area contributed by atoms with Gasteiger partial charge in [-0.1, -0.05) is 43.7 Å². The molecule has 3 fully saturated rings. The van der Waals surface area contributed by atoms with Gasteiger partial charge in [-0.05, 0) is 82.4 Å². The highest BCUT2D eigenvalue weighted by Gasteiger charge is 2.64. The van der Waals surface area contributed by atoms with Crippen molar-refractivity contribution in [3.05, 3.63) is 47.6 Å². The molecule has 7 atom stereocenters. The maximum atomic E-state index is 14.7. The van der Waals surface area contributed by atoms with E-state index in [0.717, 1.165) is 4.90 Å². The van der Waals surface area contributed by atoms with Gasteiger partial charge in [0.05, 0.1) is 6.54 Å². The van der Waals surface area contributed by atoms with Gasteiger partial charge in [-0.2, -0.15) is 13.2 Å². The van der Waals surface area contributed by atoms with Crippen molar-refractivity contribution in [2.24, 2.45) is 17.8 Å². The van der Waals surface area contributed by atoms with Crippen LogP contribution in [-0.4, -0.2) is 95.6 Å². The van der Waals surface area contributed by atoms with Crippen LogP contribution in [0.5, 0.6) is 5.88 Å².